The van der Waals surface area contributed by atoms with E-state index in [1.807, 2.05) is 31.2 Å². The number of aryl methyl sites for hydroxylation is 1. The molecule has 0 saturated heterocycles. The number of aromatic amines is 1. The lowest BCUT2D eigenvalue weighted by molar-refractivity contribution is -0.150. The van der Waals surface area contributed by atoms with Crippen molar-refractivity contribution < 1.29 is 19.4 Å². The van der Waals surface area contributed by atoms with E-state index in [1.165, 1.54) is 0 Å². The molecule has 7 nitrogen and oxygen atoms in total. The van der Waals surface area contributed by atoms with Crippen molar-refractivity contribution in [3.05, 3.63) is 74.0 Å². The van der Waals surface area contributed by atoms with Crippen LogP contribution in [0, 0.1) is 6.92 Å². The highest BCUT2D eigenvalue weighted by molar-refractivity contribution is 7.09. The molecule has 0 spiro atoms. The van der Waals surface area contributed by atoms with Crippen LogP contribution in [-0.2, 0) is 16.0 Å². The van der Waals surface area contributed by atoms with E-state index in [4.69, 9.17) is 9.47 Å². The molecule has 8 heteroatoms. The van der Waals surface area contributed by atoms with Gasteiger partial charge in [-0.25, -0.2) is 0 Å². The molecule has 0 bridgehead atoms. The zero-order valence-corrected chi connectivity index (χ0v) is 17.0. The van der Waals surface area contributed by atoms with Gasteiger partial charge in [-0.05, 0) is 36.2 Å². The van der Waals surface area contributed by atoms with Gasteiger partial charge in [-0.15, -0.1) is 0 Å². The van der Waals surface area contributed by atoms with Crippen LogP contribution in [0.15, 0.2) is 47.4 Å². The van der Waals surface area contributed by atoms with Gasteiger partial charge in [-0.1, -0.05) is 36.5 Å². The molecule has 1 aromatic carbocycles. The van der Waals surface area contributed by atoms with Crippen LogP contribution in [-0.4, -0.2) is 27.7 Å². The maximum absolute atomic E-state index is 11.8. The number of pyridine rings is 1. The fraction of sp³-hybridized carbons (Fsp3) is 0.286. The minimum atomic E-state index is -0.600. The summed E-state index contributed by atoms with van der Waals surface area (Å²) in [6.45, 7) is 3.82. The summed E-state index contributed by atoms with van der Waals surface area (Å²) in [4.78, 5) is 30.1. The Bertz CT molecular complexity index is 1010. The molecule has 2 aromatic heterocycles. The van der Waals surface area contributed by atoms with Crippen LogP contribution in [0.4, 0.5) is 0 Å². The van der Waals surface area contributed by atoms with E-state index in [-0.39, 0.29) is 29.7 Å². The first-order valence-corrected chi connectivity index (χ1v) is 10.0. The van der Waals surface area contributed by atoms with Gasteiger partial charge >= 0.3 is 10.8 Å². The van der Waals surface area contributed by atoms with Gasteiger partial charge in [0.1, 0.15) is 12.4 Å². The van der Waals surface area contributed by atoms with E-state index >= 15 is 0 Å². The fourth-order valence-corrected chi connectivity index (χ4v) is 3.38. The number of aromatic nitrogens is 2. The Morgan fingerprint density at radius 3 is 2.59 bits per heavy atom. The van der Waals surface area contributed by atoms with E-state index in [9.17, 15) is 14.7 Å². The van der Waals surface area contributed by atoms with Crippen LogP contribution < -0.4 is 9.61 Å². The number of rotatable bonds is 8. The van der Waals surface area contributed by atoms with Crippen molar-refractivity contribution in [2.24, 2.45) is 0 Å². The van der Waals surface area contributed by atoms with Gasteiger partial charge in [-0.2, -0.15) is 0 Å². The number of nitrogens with zero attached hydrogens (tertiary/aromatic N) is 1. The number of aromatic hydroxyl groups is 1. The molecule has 0 fully saturated rings. The van der Waals surface area contributed by atoms with Gasteiger partial charge in [0, 0.05) is 19.0 Å². The molecule has 2 heterocycles. The van der Waals surface area contributed by atoms with Crippen molar-refractivity contribution in [1.29, 1.82) is 0 Å². The van der Waals surface area contributed by atoms with E-state index in [2.05, 4.69) is 9.97 Å². The number of hydrogen-bond acceptors (Lipinski definition) is 7. The van der Waals surface area contributed by atoms with Crippen molar-refractivity contribution in [1.82, 2.24) is 9.97 Å². The van der Waals surface area contributed by atoms with E-state index in [0.29, 0.717) is 22.7 Å². The molecule has 0 radical (unpaired) electrons. The summed E-state index contributed by atoms with van der Waals surface area (Å²) < 4.78 is 11.3. The first-order chi connectivity index (χ1) is 13.9. The minimum absolute atomic E-state index is 0.0912. The van der Waals surface area contributed by atoms with Crippen molar-refractivity contribution in [3.8, 4) is 11.6 Å². The quantitative estimate of drug-likeness (QED) is 0.547. The summed E-state index contributed by atoms with van der Waals surface area (Å²) in [7, 11) is 0. The Morgan fingerprint density at radius 1 is 1.24 bits per heavy atom. The lowest BCUT2D eigenvalue weighted by Crippen LogP contribution is -2.18. The molecule has 29 heavy (non-hydrogen) atoms. The molecule has 0 aliphatic heterocycles. The minimum Gasteiger partial charge on any atom is -0.494 e. The van der Waals surface area contributed by atoms with Crippen LogP contribution in [0.1, 0.15) is 41.1 Å². The second-order valence-corrected chi connectivity index (χ2v) is 7.58. The van der Waals surface area contributed by atoms with Gasteiger partial charge in [-0.3, -0.25) is 19.6 Å². The number of hydrogen-bond donors (Lipinski definition) is 2. The molecule has 152 valence electrons. The maximum Gasteiger partial charge on any atom is 0.307 e. The number of carbonyl (C=O) groups is 1. The number of nitrogens with one attached hydrogen (secondary N) is 1. The molecular weight excluding hydrogens is 392 g/mol. The average molecular weight is 414 g/mol. The second kappa shape index (κ2) is 9.38. The Hall–Kier alpha value is -3.13. The maximum atomic E-state index is 11.8. The van der Waals surface area contributed by atoms with Gasteiger partial charge in [0.05, 0.1) is 10.6 Å². The number of carbonyl (C=O) groups excluding carboxylic acids is 1. The lowest BCUT2D eigenvalue weighted by atomic mass is 10.1. The molecule has 1 atom stereocenters. The van der Waals surface area contributed by atoms with Crippen molar-refractivity contribution in [2.75, 3.05) is 6.61 Å². The smallest absolute Gasteiger partial charge is 0.307 e. The van der Waals surface area contributed by atoms with E-state index in [1.54, 1.807) is 25.3 Å². The summed E-state index contributed by atoms with van der Waals surface area (Å²) in [6.07, 6.45) is 1.84. The van der Waals surface area contributed by atoms with Gasteiger partial charge in [0.2, 0.25) is 5.88 Å². The summed E-state index contributed by atoms with van der Waals surface area (Å²) in [5.74, 6) is 0.206. The first kappa shape index (κ1) is 20.6. The van der Waals surface area contributed by atoms with Crippen molar-refractivity contribution >= 4 is 17.3 Å². The Morgan fingerprint density at radius 2 is 2.00 bits per heavy atom. The number of esters is 1. The topological polar surface area (TPSA) is 102 Å². The SMILES string of the molecule is CCC(=O)OC(COc1ccc(Cc2sc(=O)[nH]c2O)cc1)c1ccc(C)cn1. The van der Waals surface area contributed by atoms with Crippen LogP contribution in [0.25, 0.3) is 0 Å². The first-order valence-electron chi connectivity index (χ1n) is 9.19. The standard InChI is InChI=1S/C21H22N2O5S/c1-3-19(24)28-17(16-9-4-13(2)11-22-16)12-27-15-7-5-14(6-8-15)10-18-20(25)23-21(26)29-18/h4-9,11,17,25H,3,10,12H2,1-2H3,(H,23,26). The predicted molar refractivity (Wildman–Crippen MR) is 109 cm³/mol. The highest BCUT2D eigenvalue weighted by Gasteiger charge is 2.18. The zero-order valence-electron chi connectivity index (χ0n) is 16.2. The van der Waals surface area contributed by atoms with Gasteiger partial charge in [0.25, 0.3) is 0 Å². The number of benzene rings is 1. The number of ether oxygens (including phenoxy) is 2. The molecule has 3 rings (SSSR count). The predicted octanol–water partition coefficient (Wildman–Crippen LogP) is 3.51. The monoisotopic (exact) mass is 414 g/mol. The molecule has 0 amide bonds. The largest absolute Gasteiger partial charge is 0.494 e. The second-order valence-electron chi connectivity index (χ2n) is 6.51. The molecule has 2 N–H and O–H groups in total. The summed E-state index contributed by atoms with van der Waals surface area (Å²) in [6, 6.07) is 11.0. The van der Waals surface area contributed by atoms with Gasteiger partial charge in [0.15, 0.2) is 6.10 Å². The zero-order chi connectivity index (χ0) is 20.8. The Labute approximate surface area is 172 Å². The van der Waals surface area contributed by atoms with Crippen LogP contribution in [0.5, 0.6) is 11.6 Å². The number of H-pyrrole nitrogens is 1. The number of thiazole rings is 1. The Balaban J connectivity index is 1.65. The highest BCUT2D eigenvalue weighted by Crippen LogP contribution is 2.23. The van der Waals surface area contributed by atoms with E-state index in [0.717, 1.165) is 22.5 Å². The summed E-state index contributed by atoms with van der Waals surface area (Å²) in [5.41, 5.74) is 2.58. The molecule has 3 aromatic rings. The highest BCUT2D eigenvalue weighted by atomic mass is 32.1. The van der Waals surface area contributed by atoms with Crippen molar-refractivity contribution in [3.63, 3.8) is 0 Å². The fourth-order valence-electron chi connectivity index (χ4n) is 2.62. The molecular formula is C21H22N2O5S. The third-order valence-electron chi connectivity index (χ3n) is 4.22. The summed E-state index contributed by atoms with van der Waals surface area (Å²) >= 11 is 0.986. The lowest BCUT2D eigenvalue weighted by Gasteiger charge is -2.18. The van der Waals surface area contributed by atoms with Crippen LogP contribution in [0.3, 0.4) is 0 Å². The van der Waals surface area contributed by atoms with Crippen LogP contribution in [0.2, 0.25) is 0 Å². The third kappa shape index (κ3) is 5.68. The summed E-state index contributed by atoms with van der Waals surface area (Å²) in [5, 5.41) is 9.69. The molecule has 0 aliphatic carbocycles. The Kier molecular flexibility index (Phi) is 6.66. The van der Waals surface area contributed by atoms with Crippen LogP contribution >= 0.6 is 11.3 Å². The normalized spacial score (nSPS) is 11.8. The van der Waals surface area contributed by atoms with Gasteiger partial charge < -0.3 is 14.6 Å². The van der Waals surface area contributed by atoms with E-state index < -0.39 is 6.10 Å². The molecule has 0 aliphatic rings. The molecule has 0 saturated carbocycles. The molecule has 1 unspecified atom stereocenters. The van der Waals surface area contributed by atoms with Crippen molar-refractivity contribution in [2.45, 2.75) is 32.8 Å². The average Bonchev–Trinajstić information content (AvgIpc) is 3.03. The third-order valence-corrected chi connectivity index (χ3v) is 5.09.